The molecule has 11 aromatic rings. The predicted molar refractivity (Wildman–Crippen MR) is 312 cm³/mol. The van der Waals surface area contributed by atoms with Gasteiger partial charge in [-0.2, -0.15) is 0 Å². The Morgan fingerprint density at radius 3 is 2.05 bits per heavy atom. The van der Waals surface area contributed by atoms with Gasteiger partial charge in [0, 0.05) is 71.5 Å². The smallest absolute Gasteiger partial charge is 0.252 e. The maximum Gasteiger partial charge on any atom is 0.252 e. The van der Waals surface area contributed by atoms with E-state index in [0.717, 1.165) is 34.0 Å². The summed E-state index contributed by atoms with van der Waals surface area (Å²) < 4.78 is 9.06. The summed E-state index contributed by atoms with van der Waals surface area (Å²) in [5, 5.41) is 4.86. The molecule has 5 heterocycles. The summed E-state index contributed by atoms with van der Waals surface area (Å²) in [4.78, 5) is 8.00. The highest BCUT2D eigenvalue weighted by Gasteiger charge is 2.58. The minimum atomic E-state index is -0.0990. The first-order chi connectivity index (χ1) is 35.5. The third-order valence-corrected chi connectivity index (χ3v) is 19.0. The lowest BCUT2D eigenvalue weighted by Crippen LogP contribution is -2.61. The predicted octanol–water partition coefficient (Wildman–Crippen LogP) is 17.1. The van der Waals surface area contributed by atoms with E-state index in [0.29, 0.717) is 0 Å². The molecule has 2 aromatic heterocycles. The topological polar surface area (TPSA) is 22.9 Å². The van der Waals surface area contributed by atoms with Crippen molar-refractivity contribution in [3.63, 3.8) is 0 Å². The van der Waals surface area contributed by atoms with Gasteiger partial charge < -0.3 is 19.1 Å². The molecule has 0 saturated heterocycles. The van der Waals surface area contributed by atoms with E-state index in [2.05, 4.69) is 238 Å². The van der Waals surface area contributed by atoms with Crippen molar-refractivity contribution in [3.05, 3.63) is 199 Å². The maximum absolute atomic E-state index is 6.45. The molecule has 354 valence electrons. The fraction of sp³-hybridized carbons (Fsp3) is 0.194. The second kappa shape index (κ2) is 15.3. The molecular formula is C67H56BN3OS. The Bertz CT molecular complexity index is 4130. The van der Waals surface area contributed by atoms with Crippen LogP contribution in [0.15, 0.2) is 186 Å². The van der Waals surface area contributed by atoms with Crippen LogP contribution in [-0.4, -0.2) is 12.3 Å². The minimum absolute atomic E-state index is 0.00665. The number of para-hydroxylation sites is 1. The van der Waals surface area contributed by atoms with Gasteiger partial charge in [-0.25, -0.2) is 0 Å². The molecule has 0 radical (unpaired) electrons. The van der Waals surface area contributed by atoms with E-state index >= 15 is 0 Å². The lowest BCUT2D eigenvalue weighted by atomic mass is 9.33. The molecule has 0 amide bonds. The van der Waals surface area contributed by atoms with Crippen LogP contribution in [0, 0.1) is 6.92 Å². The molecular weight excluding hydrogens is 906 g/mol. The zero-order chi connectivity index (χ0) is 49.1. The van der Waals surface area contributed by atoms with Crippen LogP contribution in [0.25, 0.3) is 53.2 Å². The Labute approximate surface area is 432 Å². The van der Waals surface area contributed by atoms with E-state index in [4.69, 9.17) is 4.42 Å². The molecule has 0 spiro atoms. The van der Waals surface area contributed by atoms with Gasteiger partial charge >= 0.3 is 0 Å². The lowest BCUT2D eigenvalue weighted by molar-refractivity contribution is 0.195. The van der Waals surface area contributed by atoms with Gasteiger partial charge in [0.05, 0.1) is 15.9 Å². The number of thiophene rings is 1. The highest BCUT2D eigenvalue weighted by molar-refractivity contribution is 7.26. The summed E-state index contributed by atoms with van der Waals surface area (Å²) in [7, 11) is 0. The van der Waals surface area contributed by atoms with Gasteiger partial charge in [-0.15, -0.1) is 11.3 Å². The van der Waals surface area contributed by atoms with Gasteiger partial charge in [-0.1, -0.05) is 150 Å². The van der Waals surface area contributed by atoms with Gasteiger partial charge in [0.15, 0.2) is 0 Å². The molecule has 2 atom stereocenters. The highest BCUT2D eigenvalue weighted by atomic mass is 32.1. The van der Waals surface area contributed by atoms with Crippen molar-refractivity contribution in [1.82, 2.24) is 0 Å². The van der Waals surface area contributed by atoms with Crippen molar-refractivity contribution in [2.45, 2.75) is 83.6 Å². The number of anilines is 8. The largest absolute Gasteiger partial charge is 0.456 e. The SMILES string of the molecule is Cc1cc2c3c(c1)N(c1cccc4c1sc1ccccc14)c1cc(N4c5ccc(C(C)(C)C)cc5C5(C)CCCCC45C)ccc1B3c1ccc(-c3ccccc3)cc1N2c1ccc2oc3ccccc3c2c1. The standard InChI is InChI=1S/C67H56BN3OS/c1-41-35-58-63-59(36-41)70(55-22-16-21-49-48-20-11-13-24-62(48)73-64(49)55)57-40-46(71-54-31-26-44(65(2,3)4)38-51(54)66(5)33-14-15-34-67(66,71)6)27-30-53(57)68(63)52-29-25-43(42-17-8-7-9-18-42)37-56(52)69(58)45-28-32-61-50(39-45)47-19-10-12-23-60(47)72-61/h7-13,16-32,35-40H,14-15,33-34H2,1-6H3. The summed E-state index contributed by atoms with van der Waals surface area (Å²) >= 11 is 1.91. The Balaban J connectivity index is 1.02. The van der Waals surface area contributed by atoms with Gasteiger partial charge in [0.1, 0.15) is 11.2 Å². The van der Waals surface area contributed by atoms with Crippen LogP contribution in [0.5, 0.6) is 0 Å². The number of nitrogens with zero attached hydrogens (tertiary/aromatic N) is 3. The molecule has 1 saturated carbocycles. The number of rotatable bonds is 4. The highest BCUT2D eigenvalue weighted by Crippen LogP contribution is 2.62. The molecule has 1 fully saturated rings. The number of hydrogen-bond donors (Lipinski definition) is 0. The Hall–Kier alpha value is -7.54. The summed E-state index contributed by atoms with van der Waals surface area (Å²) in [6, 6.07) is 69.2. The van der Waals surface area contributed by atoms with Crippen molar-refractivity contribution in [3.8, 4) is 11.1 Å². The average Bonchev–Trinajstić information content (AvgIpc) is 4.04. The van der Waals surface area contributed by atoms with Gasteiger partial charge in [0.2, 0.25) is 0 Å². The second-order valence-electron chi connectivity index (χ2n) is 22.9. The molecule has 4 aliphatic rings. The zero-order valence-electron chi connectivity index (χ0n) is 42.4. The first-order valence-electron chi connectivity index (χ1n) is 26.3. The molecule has 73 heavy (non-hydrogen) atoms. The Kier molecular flexibility index (Phi) is 9.00. The van der Waals surface area contributed by atoms with Crippen LogP contribution in [0.4, 0.5) is 45.5 Å². The first-order valence-corrected chi connectivity index (χ1v) is 27.1. The van der Waals surface area contributed by atoms with Crippen molar-refractivity contribution < 1.29 is 4.42 Å². The fourth-order valence-electron chi connectivity index (χ4n) is 14.0. The second-order valence-corrected chi connectivity index (χ2v) is 23.9. The number of benzene rings is 9. The molecule has 4 nitrogen and oxygen atoms in total. The van der Waals surface area contributed by atoms with Crippen LogP contribution in [0.2, 0.25) is 0 Å². The number of aryl methyl sites for hydroxylation is 1. The molecule has 6 heteroatoms. The van der Waals surface area contributed by atoms with Crippen LogP contribution < -0.4 is 31.1 Å². The van der Waals surface area contributed by atoms with E-state index in [1.807, 2.05) is 11.3 Å². The number of fused-ring (bicyclic) bond motifs is 13. The third-order valence-electron chi connectivity index (χ3n) is 17.8. The molecule has 3 aliphatic heterocycles. The van der Waals surface area contributed by atoms with Crippen molar-refractivity contribution >= 4 is 122 Å². The quantitative estimate of drug-likeness (QED) is 0.164. The van der Waals surface area contributed by atoms with Crippen LogP contribution in [0.1, 0.15) is 77.0 Å². The van der Waals surface area contributed by atoms with Gasteiger partial charge in [-0.05, 0) is 149 Å². The molecule has 2 unspecified atom stereocenters. The van der Waals surface area contributed by atoms with E-state index in [9.17, 15) is 0 Å². The van der Waals surface area contributed by atoms with Gasteiger partial charge in [0.25, 0.3) is 6.71 Å². The third kappa shape index (κ3) is 6.02. The van der Waals surface area contributed by atoms with E-state index in [1.54, 1.807) is 0 Å². The zero-order valence-corrected chi connectivity index (χ0v) is 43.2. The van der Waals surface area contributed by atoms with E-state index in [1.165, 1.54) is 123 Å². The summed E-state index contributed by atoms with van der Waals surface area (Å²) in [6.07, 6.45) is 4.82. The Morgan fingerprint density at radius 1 is 0.521 bits per heavy atom. The molecule has 0 bridgehead atoms. The Morgan fingerprint density at radius 2 is 1.22 bits per heavy atom. The van der Waals surface area contributed by atoms with E-state index in [-0.39, 0.29) is 23.1 Å². The molecule has 15 rings (SSSR count). The minimum Gasteiger partial charge on any atom is -0.456 e. The summed E-state index contributed by atoms with van der Waals surface area (Å²) in [6.45, 7) is 14.5. The van der Waals surface area contributed by atoms with Crippen molar-refractivity contribution in [2.75, 3.05) is 14.7 Å². The number of hydrogen-bond acceptors (Lipinski definition) is 5. The lowest BCUT2D eigenvalue weighted by Gasteiger charge is -2.50. The van der Waals surface area contributed by atoms with Crippen LogP contribution in [0.3, 0.4) is 0 Å². The molecule has 0 N–H and O–H groups in total. The maximum atomic E-state index is 6.45. The van der Waals surface area contributed by atoms with Gasteiger partial charge in [-0.3, -0.25) is 0 Å². The fourth-order valence-corrected chi connectivity index (χ4v) is 15.2. The van der Waals surface area contributed by atoms with E-state index < -0.39 is 0 Å². The molecule has 1 aliphatic carbocycles. The first kappa shape index (κ1) is 43.1. The molecule has 9 aromatic carbocycles. The van der Waals surface area contributed by atoms with Crippen molar-refractivity contribution in [2.24, 2.45) is 0 Å². The van der Waals surface area contributed by atoms with Crippen molar-refractivity contribution in [1.29, 1.82) is 0 Å². The monoisotopic (exact) mass is 961 g/mol. The summed E-state index contributed by atoms with van der Waals surface area (Å²) in [5.74, 6) is 0. The normalized spacial score (nSPS) is 18.9. The van der Waals surface area contributed by atoms with Crippen LogP contribution >= 0.6 is 11.3 Å². The summed E-state index contributed by atoms with van der Waals surface area (Å²) in [5.41, 5.74) is 22.1. The average molecular weight is 962 g/mol. The number of furan rings is 1. The van der Waals surface area contributed by atoms with Crippen LogP contribution in [-0.2, 0) is 10.8 Å².